The van der Waals surface area contributed by atoms with Crippen LogP contribution in [0.3, 0.4) is 0 Å². The van der Waals surface area contributed by atoms with Crippen LogP contribution in [0.1, 0.15) is 30.5 Å². The van der Waals surface area contributed by atoms with Gasteiger partial charge in [0.25, 0.3) is 0 Å². The van der Waals surface area contributed by atoms with E-state index in [0.29, 0.717) is 24.6 Å². The Hall–Kier alpha value is -1.55. The largest absolute Gasteiger partial charge is 0.377 e. The molecular formula is C14H16ClFN4O3S. The standard InChI is InChI=1S/C14H16ClFN4O3S/c1-23-8-13-17-14-12(3-2-6-20(14)18-13)19-24(21,22)9-4-5-11(16)10(15)7-9/h4-5,7,12,19H,2-3,6,8H2,1H3/t12-/m1/s1. The number of methoxy groups -OCH3 is 1. The zero-order valence-electron chi connectivity index (χ0n) is 12.9. The highest BCUT2D eigenvalue weighted by Gasteiger charge is 2.29. The zero-order chi connectivity index (χ0) is 17.3. The fourth-order valence-corrected chi connectivity index (χ4v) is 4.10. The molecule has 0 aliphatic carbocycles. The van der Waals surface area contributed by atoms with Gasteiger partial charge in [-0.3, -0.25) is 0 Å². The van der Waals surface area contributed by atoms with Gasteiger partial charge >= 0.3 is 0 Å². The lowest BCUT2D eigenvalue weighted by Gasteiger charge is -2.23. The number of sulfonamides is 1. The monoisotopic (exact) mass is 374 g/mol. The van der Waals surface area contributed by atoms with Crippen molar-refractivity contribution in [2.24, 2.45) is 0 Å². The summed E-state index contributed by atoms with van der Waals surface area (Å²) in [6.07, 6.45) is 1.36. The maximum absolute atomic E-state index is 13.2. The van der Waals surface area contributed by atoms with Crippen molar-refractivity contribution in [2.45, 2.75) is 36.9 Å². The van der Waals surface area contributed by atoms with Gasteiger partial charge in [-0.25, -0.2) is 27.2 Å². The summed E-state index contributed by atoms with van der Waals surface area (Å²) in [5, 5.41) is 4.05. The number of hydrogen-bond acceptors (Lipinski definition) is 5. The molecule has 130 valence electrons. The summed E-state index contributed by atoms with van der Waals surface area (Å²) in [7, 11) is -2.32. The number of aromatic nitrogens is 3. The van der Waals surface area contributed by atoms with Crippen molar-refractivity contribution in [2.75, 3.05) is 7.11 Å². The molecule has 1 aliphatic heterocycles. The molecule has 7 nitrogen and oxygen atoms in total. The molecule has 0 radical (unpaired) electrons. The number of aryl methyl sites for hydroxylation is 1. The number of hydrogen-bond donors (Lipinski definition) is 1. The van der Waals surface area contributed by atoms with Gasteiger partial charge in [0.05, 0.1) is 16.0 Å². The number of halogens is 2. The Bertz CT molecular complexity index is 856. The molecule has 0 fully saturated rings. The van der Waals surface area contributed by atoms with E-state index in [1.807, 2.05) is 0 Å². The number of nitrogens with one attached hydrogen (secondary N) is 1. The molecule has 1 atom stereocenters. The highest BCUT2D eigenvalue weighted by Crippen LogP contribution is 2.26. The normalized spacial score (nSPS) is 17.7. The van der Waals surface area contributed by atoms with Gasteiger partial charge in [-0.2, -0.15) is 5.10 Å². The molecular weight excluding hydrogens is 359 g/mol. The second-order valence-corrected chi connectivity index (χ2v) is 7.56. The minimum atomic E-state index is -3.86. The number of nitrogens with zero attached hydrogens (tertiary/aromatic N) is 3. The van der Waals surface area contributed by atoms with E-state index in [2.05, 4.69) is 14.8 Å². The molecule has 0 bridgehead atoms. The maximum Gasteiger partial charge on any atom is 0.241 e. The van der Waals surface area contributed by atoms with Crippen molar-refractivity contribution in [1.29, 1.82) is 0 Å². The lowest BCUT2D eigenvalue weighted by Crippen LogP contribution is -2.33. The first-order chi connectivity index (χ1) is 11.4. The predicted molar refractivity (Wildman–Crippen MR) is 84.4 cm³/mol. The van der Waals surface area contributed by atoms with Crippen LogP contribution in [0, 0.1) is 5.82 Å². The molecule has 0 amide bonds. The first-order valence-corrected chi connectivity index (χ1v) is 9.17. The first kappa shape index (κ1) is 17.3. The summed E-state index contributed by atoms with van der Waals surface area (Å²) in [5.74, 6) is 0.380. The summed E-state index contributed by atoms with van der Waals surface area (Å²) >= 11 is 5.67. The van der Waals surface area contributed by atoms with Crippen molar-refractivity contribution in [1.82, 2.24) is 19.5 Å². The van der Waals surface area contributed by atoms with E-state index in [-0.39, 0.29) is 16.5 Å². The van der Waals surface area contributed by atoms with Crippen molar-refractivity contribution in [3.8, 4) is 0 Å². The third-order valence-corrected chi connectivity index (χ3v) is 5.45. The smallest absolute Gasteiger partial charge is 0.241 e. The Labute approximate surface area is 143 Å². The van der Waals surface area contributed by atoms with E-state index in [0.717, 1.165) is 18.6 Å². The van der Waals surface area contributed by atoms with E-state index >= 15 is 0 Å². The van der Waals surface area contributed by atoms with Crippen LogP contribution in [0.15, 0.2) is 23.1 Å². The average Bonchev–Trinajstić information content (AvgIpc) is 2.94. The molecule has 0 unspecified atom stereocenters. The zero-order valence-corrected chi connectivity index (χ0v) is 14.4. The molecule has 2 aromatic rings. The Morgan fingerprint density at radius 3 is 3.00 bits per heavy atom. The third-order valence-electron chi connectivity index (χ3n) is 3.69. The van der Waals surface area contributed by atoms with Crippen LogP contribution in [-0.4, -0.2) is 30.3 Å². The van der Waals surface area contributed by atoms with Crippen molar-refractivity contribution >= 4 is 21.6 Å². The predicted octanol–water partition coefficient (Wildman–Crippen LogP) is 2.03. The minimum absolute atomic E-state index is 0.0948. The highest BCUT2D eigenvalue weighted by atomic mass is 35.5. The van der Waals surface area contributed by atoms with Gasteiger partial charge in [0.2, 0.25) is 10.0 Å². The summed E-state index contributed by atoms with van der Waals surface area (Å²) < 4.78 is 47.6. The van der Waals surface area contributed by atoms with Gasteiger partial charge in [-0.15, -0.1) is 0 Å². The van der Waals surface area contributed by atoms with E-state index in [1.165, 1.54) is 6.07 Å². The fraction of sp³-hybridized carbons (Fsp3) is 0.429. The number of rotatable bonds is 5. The van der Waals surface area contributed by atoms with Crippen LogP contribution >= 0.6 is 11.6 Å². The molecule has 0 saturated carbocycles. The summed E-state index contributed by atoms with van der Waals surface area (Å²) in [5.41, 5.74) is 0. The van der Waals surface area contributed by atoms with Gasteiger partial charge < -0.3 is 4.74 Å². The van der Waals surface area contributed by atoms with Gasteiger partial charge in [0.1, 0.15) is 18.2 Å². The lowest BCUT2D eigenvalue weighted by molar-refractivity contribution is 0.177. The molecule has 3 rings (SSSR count). The molecule has 0 spiro atoms. The van der Waals surface area contributed by atoms with Crippen LogP contribution in [-0.2, 0) is 27.9 Å². The summed E-state index contributed by atoms with van der Waals surface area (Å²) in [6.45, 7) is 0.930. The van der Waals surface area contributed by atoms with Crippen molar-refractivity contribution in [3.05, 3.63) is 40.7 Å². The molecule has 1 aromatic heterocycles. The van der Waals surface area contributed by atoms with Gasteiger partial charge in [-0.1, -0.05) is 11.6 Å². The molecule has 1 aliphatic rings. The molecule has 24 heavy (non-hydrogen) atoms. The van der Waals surface area contributed by atoms with Crippen molar-refractivity contribution in [3.63, 3.8) is 0 Å². The lowest BCUT2D eigenvalue weighted by atomic mass is 10.1. The molecule has 10 heteroatoms. The van der Waals surface area contributed by atoms with Crippen LogP contribution in [0.2, 0.25) is 5.02 Å². The highest BCUT2D eigenvalue weighted by molar-refractivity contribution is 7.89. The molecule has 2 heterocycles. The van der Waals surface area contributed by atoms with E-state index < -0.39 is 21.9 Å². The molecule has 1 aromatic carbocycles. The van der Waals surface area contributed by atoms with Crippen LogP contribution < -0.4 is 4.72 Å². The Balaban J connectivity index is 1.87. The van der Waals surface area contributed by atoms with E-state index in [4.69, 9.17) is 16.3 Å². The second-order valence-electron chi connectivity index (χ2n) is 5.43. The third kappa shape index (κ3) is 3.44. The SMILES string of the molecule is COCc1nc2n(n1)CCC[C@H]2NS(=O)(=O)c1ccc(F)c(Cl)c1. The summed E-state index contributed by atoms with van der Waals surface area (Å²) in [4.78, 5) is 4.25. The molecule has 1 N–H and O–H groups in total. The number of benzene rings is 1. The van der Waals surface area contributed by atoms with E-state index in [1.54, 1.807) is 11.8 Å². The number of ether oxygens (including phenoxy) is 1. The summed E-state index contributed by atoms with van der Waals surface area (Å²) in [6, 6.07) is 2.78. The van der Waals surface area contributed by atoms with Gasteiger partial charge in [0.15, 0.2) is 5.82 Å². The van der Waals surface area contributed by atoms with Gasteiger partial charge in [-0.05, 0) is 31.0 Å². The Morgan fingerprint density at radius 2 is 2.29 bits per heavy atom. The fourth-order valence-electron chi connectivity index (χ4n) is 2.60. The topological polar surface area (TPSA) is 86.1 Å². The van der Waals surface area contributed by atoms with Crippen LogP contribution in [0.25, 0.3) is 0 Å². The Morgan fingerprint density at radius 1 is 1.50 bits per heavy atom. The van der Waals surface area contributed by atoms with Crippen LogP contribution in [0.5, 0.6) is 0 Å². The van der Waals surface area contributed by atoms with Gasteiger partial charge in [0, 0.05) is 13.7 Å². The molecule has 0 saturated heterocycles. The average molecular weight is 375 g/mol. The van der Waals surface area contributed by atoms with Crippen molar-refractivity contribution < 1.29 is 17.5 Å². The maximum atomic E-state index is 13.2. The van der Waals surface area contributed by atoms with Crippen LogP contribution in [0.4, 0.5) is 4.39 Å². The first-order valence-electron chi connectivity index (χ1n) is 7.30. The quantitative estimate of drug-likeness (QED) is 0.865. The van der Waals surface area contributed by atoms with E-state index in [9.17, 15) is 12.8 Å². The number of fused-ring (bicyclic) bond motifs is 1. The Kier molecular flexibility index (Phi) is 4.86. The minimum Gasteiger partial charge on any atom is -0.377 e. The second kappa shape index (κ2) is 6.75.